The summed E-state index contributed by atoms with van der Waals surface area (Å²) in [7, 11) is 3.30. The van der Waals surface area contributed by atoms with E-state index in [4.69, 9.17) is 9.47 Å². The van der Waals surface area contributed by atoms with E-state index in [0.717, 1.165) is 47.2 Å². The quantitative estimate of drug-likeness (QED) is 0.511. The highest BCUT2D eigenvalue weighted by atomic mass is 32.2. The van der Waals surface area contributed by atoms with Gasteiger partial charge >= 0.3 is 0 Å². The zero-order valence-electron chi connectivity index (χ0n) is 14.2. The number of methoxy groups -OCH3 is 2. The van der Waals surface area contributed by atoms with Gasteiger partial charge in [-0.1, -0.05) is 24.3 Å². The molecular formula is C19H25NO3S. The Hall–Kier alpha value is -1.69. The average Bonchev–Trinajstić information content (AvgIpc) is 2.64. The highest BCUT2D eigenvalue weighted by Crippen LogP contribution is 2.27. The standard InChI is InChI=1S/C19H25NO3S/c1-22-17-8-7-15(13-18(17)23-2)9-10-20-11-12-24-19-6-4-3-5-16(19)14-21/h3-8,13,20-21H,9-12,14H2,1-2H3. The van der Waals surface area contributed by atoms with Crippen molar-refractivity contribution in [3.63, 3.8) is 0 Å². The summed E-state index contributed by atoms with van der Waals surface area (Å²) in [6.07, 6.45) is 0.943. The van der Waals surface area contributed by atoms with Crippen LogP contribution in [0.25, 0.3) is 0 Å². The van der Waals surface area contributed by atoms with Crippen molar-refractivity contribution < 1.29 is 14.6 Å². The number of ether oxygens (including phenoxy) is 2. The molecule has 2 rings (SSSR count). The van der Waals surface area contributed by atoms with E-state index in [9.17, 15) is 5.11 Å². The summed E-state index contributed by atoms with van der Waals surface area (Å²) in [5, 5.41) is 12.8. The minimum Gasteiger partial charge on any atom is -0.493 e. The maximum absolute atomic E-state index is 9.32. The van der Waals surface area contributed by atoms with Crippen molar-refractivity contribution in [1.82, 2.24) is 5.32 Å². The average molecular weight is 347 g/mol. The van der Waals surface area contributed by atoms with Crippen LogP contribution in [-0.2, 0) is 13.0 Å². The summed E-state index contributed by atoms with van der Waals surface area (Å²) >= 11 is 1.77. The molecule has 0 bridgehead atoms. The summed E-state index contributed by atoms with van der Waals surface area (Å²) in [5.74, 6) is 2.50. The van der Waals surface area contributed by atoms with Gasteiger partial charge in [0.2, 0.25) is 0 Å². The van der Waals surface area contributed by atoms with Crippen LogP contribution >= 0.6 is 11.8 Å². The lowest BCUT2D eigenvalue weighted by Crippen LogP contribution is -2.20. The van der Waals surface area contributed by atoms with E-state index in [1.807, 2.05) is 30.3 Å². The lowest BCUT2D eigenvalue weighted by molar-refractivity contribution is 0.279. The summed E-state index contributed by atoms with van der Waals surface area (Å²) in [6, 6.07) is 14.0. The van der Waals surface area contributed by atoms with Gasteiger partial charge in [0.15, 0.2) is 11.5 Å². The first-order valence-corrected chi connectivity index (χ1v) is 9.00. The number of rotatable bonds is 10. The number of benzene rings is 2. The predicted octanol–water partition coefficient (Wildman–Crippen LogP) is 3.12. The molecule has 0 unspecified atom stereocenters. The van der Waals surface area contributed by atoms with Crippen LogP contribution in [0, 0.1) is 0 Å². The van der Waals surface area contributed by atoms with E-state index in [1.165, 1.54) is 5.56 Å². The van der Waals surface area contributed by atoms with Gasteiger partial charge in [-0.3, -0.25) is 0 Å². The minimum absolute atomic E-state index is 0.0932. The lowest BCUT2D eigenvalue weighted by atomic mass is 10.1. The number of aliphatic hydroxyl groups excluding tert-OH is 1. The summed E-state index contributed by atoms with van der Waals surface area (Å²) < 4.78 is 10.6. The smallest absolute Gasteiger partial charge is 0.160 e. The van der Waals surface area contributed by atoms with Crippen molar-refractivity contribution in [1.29, 1.82) is 0 Å². The number of hydrogen-bond donors (Lipinski definition) is 2. The molecule has 0 heterocycles. The molecule has 5 heteroatoms. The van der Waals surface area contributed by atoms with Crippen LogP contribution in [-0.4, -0.2) is 38.2 Å². The van der Waals surface area contributed by atoms with Gasteiger partial charge in [-0.05, 0) is 42.3 Å². The fraction of sp³-hybridized carbons (Fsp3) is 0.368. The number of aliphatic hydroxyl groups is 1. The molecule has 0 aliphatic carbocycles. The third-order valence-electron chi connectivity index (χ3n) is 3.72. The predicted molar refractivity (Wildman–Crippen MR) is 99.2 cm³/mol. The second-order valence-electron chi connectivity index (χ2n) is 5.30. The van der Waals surface area contributed by atoms with Gasteiger partial charge in [-0.25, -0.2) is 0 Å². The largest absolute Gasteiger partial charge is 0.493 e. The Labute approximate surface area is 148 Å². The maximum Gasteiger partial charge on any atom is 0.160 e. The van der Waals surface area contributed by atoms with Crippen LogP contribution in [0.4, 0.5) is 0 Å². The van der Waals surface area contributed by atoms with Crippen molar-refractivity contribution in [2.75, 3.05) is 33.1 Å². The van der Waals surface area contributed by atoms with E-state index in [2.05, 4.69) is 17.4 Å². The minimum atomic E-state index is 0.0932. The van der Waals surface area contributed by atoms with Crippen molar-refractivity contribution in [2.24, 2.45) is 0 Å². The molecule has 0 fully saturated rings. The van der Waals surface area contributed by atoms with E-state index in [0.29, 0.717) is 0 Å². The molecule has 0 atom stereocenters. The first kappa shape index (κ1) is 18.6. The Balaban J connectivity index is 1.70. The van der Waals surface area contributed by atoms with Crippen LogP contribution in [0.5, 0.6) is 11.5 Å². The first-order chi connectivity index (χ1) is 11.8. The van der Waals surface area contributed by atoms with Gasteiger partial charge in [0.1, 0.15) is 0 Å². The summed E-state index contributed by atoms with van der Waals surface area (Å²) in [6.45, 7) is 1.94. The molecule has 0 spiro atoms. The second-order valence-corrected chi connectivity index (χ2v) is 6.44. The molecule has 130 valence electrons. The molecular weight excluding hydrogens is 322 g/mol. The Morgan fingerprint density at radius 1 is 1.00 bits per heavy atom. The molecule has 0 saturated carbocycles. The molecule has 0 aliphatic heterocycles. The van der Waals surface area contributed by atoms with Crippen LogP contribution in [0.3, 0.4) is 0 Å². The Bertz CT molecular complexity index is 634. The topological polar surface area (TPSA) is 50.7 Å². The third kappa shape index (κ3) is 5.44. The molecule has 0 saturated heterocycles. The van der Waals surface area contributed by atoms with Gasteiger partial charge in [-0.15, -0.1) is 11.8 Å². The van der Waals surface area contributed by atoms with Crippen LogP contribution in [0.2, 0.25) is 0 Å². The Morgan fingerprint density at radius 3 is 2.54 bits per heavy atom. The first-order valence-electron chi connectivity index (χ1n) is 8.01. The third-order valence-corrected chi connectivity index (χ3v) is 4.84. The Kier molecular flexibility index (Phi) is 7.95. The van der Waals surface area contributed by atoms with Crippen LogP contribution < -0.4 is 14.8 Å². The van der Waals surface area contributed by atoms with E-state index >= 15 is 0 Å². The highest BCUT2D eigenvalue weighted by Gasteiger charge is 2.04. The van der Waals surface area contributed by atoms with Crippen LogP contribution in [0.1, 0.15) is 11.1 Å². The van der Waals surface area contributed by atoms with Crippen LogP contribution in [0.15, 0.2) is 47.4 Å². The molecule has 4 nitrogen and oxygen atoms in total. The monoisotopic (exact) mass is 347 g/mol. The van der Waals surface area contributed by atoms with Gasteiger partial charge < -0.3 is 19.9 Å². The van der Waals surface area contributed by atoms with Gasteiger partial charge in [0, 0.05) is 17.2 Å². The lowest BCUT2D eigenvalue weighted by Gasteiger charge is -2.10. The molecule has 0 aliphatic rings. The molecule has 2 aromatic rings. The van der Waals surface area contributed by atoms with Gasteiger partial charge in [0.05, 0.1) is 20.8 Å². The van der Waals surface area contributed by atoms with E-state index in [-0.39, 0.29) is 6.61 Å². The molecule has 2 aromatic carbocycles. The molecule has 24 heavy (non-hydrogen) atoms. The Morgan fingerprint density at radius 2 is 1.79 bits per heavy atom. The van der Waals surface area contributed by atoms with E-state index in [1.54, 1.807) is 26.0 Å². The molecule has 0 radical (unpaired) electrons. The van der Waals surface area contributed by atoms with Crippen molar-refractivity contribution in [2.45, 2.75) is 17.9 Å². The van der Waals surface area contributed by atoms with Crippen molar-refractivity contribution >= 4 is 11.8 Å². The zero-order valence-corrected chi connectivity index (χ0v) is 15.1. The fourth-order valence-corrected chi connectivity index (χ4v) is 3.36. The second kappa shape index (κ2) is 10.2. The molecule has 2 N–H and O–H groups in total. The van der Waals surface area contributed by atoms with Crippen molar-refractivity contribution in [3.05, 3.63) is 53.6 Å². The van der Waals surface area contributed by atoms with Gasteiger partial charge in [-0.2, -0.15) is 0 Å². The maximum atomic E-state index is 9.32. The number of hydrogen-bond acceptors (Lipinski definition) is 5. The number of nitrogens with one attached hydrogen (secondary N) is 1. The van der Waals surface area contributed by atoms with Gasteiger partial charge in [0.25, 0.3) is 0 Å². The summed E-state index contributed by atoms with van der Waals surface area (Å²) in [5.41, 5.74) is 2.21. The van der Waals surface area contributed by atoms with E-state index < -0.39 is 0 Å². The SMILES string of the molecule is COc1ccc(CCNCCSc2ccccc2CO)cc1OC. The zero-order chi connectivity index (χ0) is 17.2. The highest BCUT2D eigenvalue weighted by molar-refractivity contribution is 7.99. The molecule has 0 amide bonds. The summed E-state index contributed by atoms with van der Waals surface area (Å²) in [4.78, 5) is 1.15. The van der Waals surface area contributed by atoms with Crippen molar-refractivity contribution in [3.8, 4) is 11.5 Å². The normalized spacial score (nSPS) is 10.6. The molecule has 0 aromatic heterocycles. The fourth-order valence-electron chi connectivity index (χ4n) is 2.40. The number of thioether (sulfide) groups is 1.